The van der Waals surface area contributed by atoms with Crippen LogP contribution in [-0.2, 0) is 17.6 Å². The average molecular weight is 399 g/mol. The summed E-state index contributed by atoms with van der Waals surface area (Å²) < 4.78 is 5.82. The van der Waals surface area contributed by atoms with Crippen molar-refractivity contribution in [3.63, 3.8) is 0 Å². The van der Waals surface area contributed by atoms with E-state index in [1.54, 1.807) is 0 Å². The fraction of sp³-hybridized carbons (Fsp3) is 0.478. The first kappa shape index (κ1) is 20.3. The number of rotatable bonds is 5. The van der Waals surface area contributed by atoms with Crippen molar-refractivity contribution < 1.29 is 25.2 Å². The largest absolute Gasteiger partial charge is 0.394 e. The smallest absolute Gasteiger partial charge is 0.159 e. The number of aliphatic hydroxyl groups excluding tert-OH is 4. The lowest BCUT2D eigenvalue weighted by molar-refractivity contribution is -0.228. The zero-order chi connectivity index (χ0) is 20.5. The van der Waals surface area contributed by atoms with Gasteiger partial charge in [0.1, 0.15) is 24.4 Å². The molecule has 1 fully saturated rings. The lowest BCUT2D eigenvalue weighted by atomic mass is 9.93. The Morgan fingerprint density at radius 1 is 0.931 bits per heavy atom. The lowest BCUT2D eigenvalue weighted by Crippen LogP contribution is -2.63. The monoisotopic (exact) mass is 399 g/mol. The van der Waals surface area contributed by atoms with Crippen LogP contribution in [0.5, 0.6) is 0 Å². The molecule has 2 heterocycles. The molecule has 6 nitrogen and oxygen atoms in total. The first-order chi connectivity index (χ1) is 14.0. The van der Waals surface area contributed by atoms with Gasteiger partial charge in [-0.3, -0.25) is 0 Å². The highest BCUT2D eigenvalue weighted by Gasteiger charge is 2.47. The van der Waals surface area contributed by atoms with Crippen molar-refractivity contribution in [3.8, 4) is 0 Å². The molecule has 29 heavy (non-hydrogen) atoms. The summed E-state index contributed by atoms with van der Waals surface area (Å²) in [5.41, 5.74) is 4.68. The predicted molar refractivity (Wildman–Crippen MR) is 110 cm³/mol. The van der Waals surface area contributed by atoms with Crippen molar-refractivity contribution in [1.82, 2.24) is 0 Å². The van der Waals surface area contributed by atoms with Gasteiger partial charge in [0, 0.05) is 18.2 Å². The summed E-state index contributed by atoms with van der Waals surface area (Å²) in [6.07, 6.45) is -3.88. The molecular weight excluding hydrogens is 370 g/mol. The summed E-state index contributed by atoms with van der Waals surface area (Å²) in [6, 6.07) is 16.7. The van der Waals surface area contributed by atoms with Crippen LogP contribution in [-0.4, -0.2) is 64.2 Å². The molecule has 156 valence electrons. The molecule has 6 heteroatoms. The number of hydrogen-bond acceptors (Lipinski definition) is 6. The highest BCUT2D eigenvalue weighted by Crippen LogP contribution is 2.41. The standard InChI is InChI=1S/C23H29NO5/c1-2-14-7-9-15(10-8-14)11-16-12-24(18-6-4-3-5-17(16)18)23-22(28)21(27)20(26)19(13-25)29-23/h3-10,16,19-23,25-28H,2,11-13H2,1H3/t16?,19?,20-,21?,22?,23?/m1/s1. The van der Waals surface area contributed by atoms with Crippen LogP contribution in [0.15, 0.2) is 48.5 Å². The van der Waals surface area contributed by atoms with E-state index in [0.29, 0.717) is 6.54 Å². The summed E-state index contributed by atoms with van der Waals surface area (Å²) >= 11 is 0. The molecule has 4 N–H and O–H groups in total. The number of ether oxygens (including phenoxy) is 1. The normalized spacial score (nSPS) is 31.7. The Balaban J connectivity index is 1.59. The van der Waals surface area contributed by atoms with Gasteiger partial charge in [-0.1, -0.05) is 49.4 Å². The van der Waals surface area contributed by atoms with E-state index in [1.165, 1.54) is 16.7 Å². The summed E-state index contributed by atoms with van der Waals surface area (Å²) in [4.78, 5) is 1.95. The summed E-state index contributed by atoms with van der Waals surface area (Å²) in [6.45, 7) is 2.34. The molecule has 2 aromatic rings. The van der Waals surface area contributed by atoms with Gasteiger partial charge in [0.15, 0.2) is 6.23 Å². The van der Waals surface area contributed by atoms with E-state index in [1.807, 2.05) is 23.1 Å². The van der Waals surface area contributed by atoms with Gasteiger partial charge < -0.3 is 30.1 Å². The third-order valence-electron chi connectivity index (χ3n) is 6.19. The van der Waals surface area contributed by atoms with Crippen LogP contribution in [0.3, 0.4) is 0 Å². The fourth-order valence-electron chi connectivity index (χ4n) is 4.48. The number of aryl methyl sites for hydroxylation is 1. The maximum atomic E-state index is 10.6. The predicted octanol–water partition coefficient (Wildman–Crippen LogP) is 1.20. The minimum absolute atomic E-state index is 0.214. The van der Waals surface area contributed by atoms with Crippen LogP contribution in [0.2, 0.25) is 0 Å². The van der Waals surface area contributed by atoms with Crippen LogP contribution in [0.4, 0.5) is 5.69 Å². The number of anilines is 1. The molecule has 0 radical (unpaired) electrons. The van der Waals surface area contributed by atoms with Crippen molar-refractivity contribution in [2.45, 2.75) is 56.3 Å². The van der Waals surface area contributed by atoms with E-state index in [9.17, 15) is 20.4 Å². The molecule has 2 aliphatic heterocycles. The van der Waals surface area contributed by atoms with Crippen LogP contribution in [0.1, 0.15) is 29.5 Å². The summed E-state index contributed by atoms with van der Waals surface area (Å²) in [7, 11) is 0. The van der Waals surface area contributed by atoms with Gasteiger partial charge in [-0.15, -0.1) is 0 Å². The molecule has 5 unspecified atom stereocenters. The zero-order valence-corrected chi connectivity index (χ0v) is 16.6. The molecule has 1 saturated heterocycles. The molecule has 6 atom stereocenters. The number of aliphatic hydroxyl groups is 4. The van der Waals surface area contributed by atoms with Crippen LogP contribution < -0.4 is 4.90 Å². The molecule has 0 aliphatic carbocycles. The zero-order valence-electron chi connectivity index (χ0n) is 16.6. The van der Waals surface area contributed by atoms with Crippen molar-refractivity contribution in [2.24, 2.45) is 0 Å². The molecule has 0 spiro atoms. The van der Waals surface area contributed by atoms with E-state index < -0.39 is 37.3 Å². The molecule has 0 aromatic heterocycles. The Bertz CT molecular complexity index is 824. The highest BCUT2D eigenvalue weighted by molar-refractivity contribution is 5.61. The maximum absolute atomic E-state index is 10.6. The number of nitrogens with zero attached hydrogens (tertiary/aromatic N) is 1. The molecule has 0 bridgehead atoms. The number of para-hydroxylation sites is 1. The number of hydrogen-bond donors (Lipinski definition) is 4. The van der Waals surface area contributed by atoms with Gasteiger partial charge in [-0.25, -0.2) is 0 Å². The van der Waals surface area contributed by atoms with E-state index in [0.717, 1.165) is 18.5 Å². The van der Waals surface area contributed by atoms with Gasteiger partial charge in [0.2, 0.25) is 0 Å². The van der Waals surface area contributed by atoms with E-state index >= 15 is 0 Å². The lowest BCUT2D eigenvalue weighted by Gasteiger charge is -2.44. The first-order valence-corrected chi connectivity index (χ1v) is 10.3. The topological polar surface area (TPSA) is 93.4 Å². The minimum atomic E-state index is -1.38. The van der Waals surface area contributed by atoms with Gasteiger partial charge in [-0.2, -0.15) is 0 Å². The van der Waals surface area contributed by atoms with Crippen molar-refractivity contribution >= 4 is 5.69 Å². The Morgan fingerprint density at radius 3 is 2.31 bits per heavy atom. The minimum Gasteiger partial charge on any atom is -0.394 e. The van der Waals surface area contributed by atoms with Crippen LogP contribution >= 0.6 is 0 Å². The molecular formula is C23H29NO5. The first-order valence-electron chi connectivity index (χ1n) is 10.3. The third-order valence-corrected chi connectivity index (χ3v) is 6.19. The van der Waals surface area contributed by atoms with Crippen LogP contribution in [0, 0.1) is 0 Å². The van der Waals surface area contributed by atoms with Crippen molar-refractivity contribution in [3.05, 3.63) is 65.2 Å². The van der Waals surface area contributed by atoms with Crippen LogP contribution in [0.25, 0.3) is 0 Å². The quantitative estimate of drug-likeness (QED) is 0.604. The van der Waals surface area contributed by atoms with E-state index in [2.05, 4.69) is 37.3 Å². The maximum Gasteiger partial charge on any atom is 0.159 e. The van der Waals surface area contributed by atoms with E-state index in [-0.39, 0.29) is 5.92 Å². The average Bonchev–Trinajstić information content (AvgIpc) is 3.11. The van der Waals surface area contributed by atoms with E-state index in [4.69, 9.17) is 4.74 Å². The molecule has 4 rings (SSSR count). The number of benzene rings is 2. The van der Waals surface area contributed by atoms with Gasteiger partial charge in [0.05, 0.1) is 6.61 Å². The Kier molecular flexibility index (Phi) is 5.90. The van der Waals surface area contributed by atoms with Crippen molar-refractivity contribution in [2.75, 3.05) is 18.1 Å². The second-order valence-electron chi connectivity index (χ2n) is 8.00. The Morgan fingerprint density at radius 2 is 1.62 bits per heavy atom. The van der Waals surface area contributed by atoms with Crippen molar-refractivity contribution in [1.29, 1.82) is 0 Å². The molecule has 2 aromatic carbocycles. The molecule has 0 saturated carbocycles. The fourth-order valence-corrected chi connectivity index (χ4v) is 4.48. The highest BCUT2D eigenvalue weighted by atomic mass is 16.6. The van der Waals surface area contributed by atoms with Gasteiger partial charge >= 0.3 is 0 Å². The summed E-state index contributed by atoms with van der Waals surface area (Å²) in [5.74, 6) is 0.214. The summed E-state index contributed by atoms with van der Waals surface area (Å²) in [5, 5.41) is 40.4. The van der Waals surface area contributed by atoms with Gasteiger partial charge in [-0.05, 0) is 35.6 Å². The molecule has 0 amide bonds. The number of fused-ring (bicyclic) bond motifs is 1. The Hall–Kier alpha value is -1.96. The Labute approximate surface area is 171 Å². The van der Waals surface area contributed by atoms with Gasteiger partial charge in [0.25, 0.3) is 0 Å². The third kappa shape index (κ3) is 3.79. The molecule has 2 aliphatic rings. The SMILES string of the molecule is CCc1ccc(CC2CN(C3OC(CO)[C@@H](O)C(O)C3O)c3ccccc32)cc1. The second-order valence-corrected chi connectivity index (χ2v) is 8.00. The second kappa shape index (κ2) is 8.42.